The van der Waals surface area contributed by atoms with Gasteiger partial charge in [0.25, 0.3) is 0 Å². The molecule has 31 heavy (non-hydrogen) atoms. The van der Waals surface area contributed by atoms with E-state index < -0.39 is 10.0 Å². The molecule has 0 unspecified atom stereocenters. The number of ether oxygens (including phenoxy) is 1. The maximum atomic E-state index is 13.0. The summed E-state index contributed by atoms with van der Waals surface area (Å²) in [6.45, 7) is 0. The Morgan fingerprint density at radius 2 is 1.84 bits per heavy atom. The highest BCUT2D eigenvalue weighted by atomic mass is 32.2. The summed E-state index contributed by atoms with van der Waals surface area (Å²) in [4.78, 5) is 13.0. The third-order valence-corrected chi connectivity index (χ3v) is 5.48. The minimum atomic E-state index is -3.36. The molecule has 160 valence electrons. The topological polar surface area (TPSA) is 101 Å². The average Bonchev–Trinajstić information content (AvgIpc) is 3.43. The number of sulfonamides is 1. The predicted octanol–water partition coefficient (Wildman–Crippen LogP) is 3.65. The van der Waals surface area contributed by atoms with Crippen LogP contribution in [0.15, 0.2) is 76.4 Å². The number of hydrogen-bond donors (Lipinski definition) is 1. The van der Waals surface area contributed by atoms with Crippen molar-refractivity contribution >= 4 is 27.3 Å². The smallest absolute Gasteiger partial charge is 0.310 e. The van der Waals surface area contributed by atoms with E-state index >= 15 is 0 Å². The van der Waals surface area contributed by atoms with E-state index in [1.165, 1.54) is 11.3 Å². The summed E-state index contributed by atoms with van der Waals surface area (Å²) >= 11 is 0. The van der Waals surface area contributed by atoms with Crippen LogP contribution in [0.5, 0.6) is 5.75 Å². The monoisotopic (exact) mass is 439 g/mol. The summed E-state index contributed by atoms with van der Waals surface area (Å²) in [5.74, 6) is 0.591. The number of methoxy groups -OCH3 is 1. The van der Waals surface area contributed by atoms with E-state index in [1.54, 1.807) is 43.5 Å². The molecule has 0 spiro atoms. The van der Waals surface area contributed by atoms with Crippen LogP contribution < -0.4 is 9.46 Å². The first-order valence-electron chi connectivity index (χ1n) is 9.51. The van der Waals surface area contributed by atoms with Crippen LogP contribution in [0.1, 0.15) is 34.1 Å². The van der Waals surface area contributed by atoms with Crippen LogP contribution in [-0.4, -0.2) is 38.4 Å². The van der Waals surface area contributed by atoms with Gasteiger partial charge in [-0.3, -0.25) is 9.52 Å². The van der Waals surface area contributed by atoms with Gasteiger partial charge in [0.2, 0.25) is 10.0 Å². The van der Waals surface area contributed by atoms with Crippen molar-refractivity contribution < 1.29 is 22.4 Å². The molecule has 9 heteroatoms. The number of nitrogens with zero attached hydrogens (tertiary/aromatic N) is 2. The Morgan fingerprint density at radius 3 is 2.42 bits per heavy atom. The molecule has 0 aliphatic carbocycles. The number of hydrogen-bond acceptors (Lipinski definition) is 6. The van der Waals surface area contributed by atoms with Gasteiger partial charge in [0.15, 0.2) is 5.76 Å². The van der Waals surface area contributed by atoms with Gasteiger partial charge in [-0.25, -0.2) is 13.4 Å². The summed E-state index contributed by atoms with van der Waals surface area (Å²) in [5.41, 5.74) is 2.88. The summed E-state index contributed by atoms with van der Waals surface area (Å²) in [6, 6.07) is 17.3. The van der Waals surface area contributed by atoms with Crippen LogP contribution in [0, 0.1) is 0 Å². The number of carbonyl (C=O) groups excluding carboxylic acids is 1. The number of amides is 1. The second kappa shape index (κ2) is 8.27. The standard InChI is InChI=1S/C22H21N3O5S/c1-29-18-11-7-16(8-12-18)20-14-19(23-25(20)22(26)21-4-3-13-30-21)15-5-9-17(10-6-15)24-31(2,27)28/h3-13,20,24H,14H2,1-2H3/t20-/m0/s1. The van der Waals surface area contributed by atoms with Gasteiger partial charge >= 0.3 is 5.91 Å². The van der Waals surface area contributed by atoms with Crippen molar-refractivity contribution in [3.63, 3.8) is 0 Å². The van der Waals surface area contributed by atoms with E-state index in [2.05, 4.69) is 9.82 Å². The second-order valence-corrected chi connectivity index (χ2v) is 8.87. The summed E-state index contributed by atoms with van der Waals surface area (Å²) in [7, 11) is -1.76. The molecule has 2 heterocycles. The zero-order chi connectivity index (χ0) is 22.0. The lowest BCUT2D eigenvalue weighted by Gasteiger charge is -2.21. The lowest BCUT2D eigenvalue weighted by atomic mass is 9.98. The quantitative estimate of drug-likeness (QED) is 0.632. The van der Waals surface area contributed by atoms with Crippen LogP contribution in [0.2, 0.25) is 0 Å². The fourth-order valence-corrected chi connectivity index (χ4v) is 3.98. The van der Waals surface area contributed by atoms with Crippen LogP contribution in [0.3, 0.4) is 0 Å². The molecule has 0 fully saturated rings. The molecule has 0 saturated carbocycles. The van der Waals surface area contributed by atoms with Crippen LogP contribution in [-0.2, 0) is 10.0 Å². The number of carbonyl (C=O) groups is 1. The first-order valence-corrected chi connectivity index (χ1v) is 11.4. The van der Waals surface area contributed by atoms with Gasteiger partial charge < -0.3 is 9.15 Å². The minimum absolute atomic E-state index is 0.205. The van der Waals surface area contributed by atoms with Crippen LogP contribution in [0.4, 0.5) is 5.69 Å². The largest absolute Gasteiger partial charge is 0.497 e. The Labute approximate surface area is 180 Å². The van der Waals surface area contributed by atoms with Crippen molar-refractivity contribution in [3.05, 3.63) is 83.8 Å². The van der Waals surface area contributed by atoms with Crippen molar-refractivity contribution in [2.24, 2.45) is 5.10 Å². The Balaban J connectivity index is 1.65. The Hall–Kier alpha value is -3.59. The molecule has 8 nitrogen and oxygen atoms in total. The Bertz CT molecular complexity index is 1200. The highest BCUT2D eigenvalue weighted by Crippen LogP contribution is 2.35. The highest BCUT2D eigenvalue weighted by Gasteiger charge is 2.34. The lowest BCUT2D eigenvalue weighted by Crippen LogP contribution is -2.26. The van der Waals surface area contributed by atoms with Gasteiger partial charge in [-0.1, -0.05) is 24.3 Å². The van der Waals surface area contributed by atoms with Gasteiger partial charge in [0.05, 0.1) is 31.4 Å². The van der Waals surface area contributed by atoms with Crippen molar-refractivity contribution in [2.75, 3.05) is 18.1 Å². The van der Waals surface area contributed by atoms with E-state index in [1.807, 2.05) is 24.3 Å². The third-order valence-electron chi connectivity index (χ3n) is 4.87. The zero-order valence-electron chi connectivity index (χ0n) is 17.0. The van der Waals surface area contributed by atoms with Crippen LogP contribution >= 0.6 is 0 Å². The molecule has 1 atom stereocenters. The van der Waals surface area contributed by atoms with Gasteiger partial charge in [0.1, 0.15) is 5.75 Å². The van der Waals surface area contributed by atoms with Crippen molar-refractivity contribution in [3.8, 4) is 5.75 Å². The molecule has 0 radical (unpaired) electrons. The molecule has 1 aliphatic rings. The fourth-order valence-electron chi connectivity index (χ4n) is 3.42. The molecule has 4 rings (SSSR count). The number of hydrazone groups is 1. The van der Waals surface area contributed by atoms with Crippen molar-refractivity contribution in [1.29, 1.82) is 0 Å². The first-order chi connectivity index (χ1) is 14.8. The molecule has 2 aromatic carbocycles. The Kier molecular flexibility index (Phi) is 5.51. The lowest BCUT2D eigenvalue weighted by molar-refractivity contribution is 0.0678. The molecular formula is C22H21N3O5S. The van der Waals surface area contributed by atoms with E-state index in [0.29, 0.717) is 17.8 Å². The number of anilines is 1. The van der Waals surface area contributed by atoms with E-state index in [-0.39, 0.29) is 17.7 Å². The highest BCUT2D eigenvalue weighted by molar-refractivity contribution is 7.92. The molecule has 1 amide bonds. The molecule has 0 saturated heterocycles. The van der Waals surface area contributed by atoms with Crippen molar-refractivity contribution in [1.82, 2.24) is 5.01 Å². The van der Waals surface area contributed by atoms with Gasteiger partial charge in [-0.05, 0) is 47.5 Å². The SMILES string of the molecule is COc1ccc([C@@H]2CC(c3ccc(NS(C)(=O)=O)cc3)=NN2C(=O)c2ccco2)cc1. The predicted molar refractivity (Wildman–Crippen MR) is 117 cm³/mol. The molecule has 1 aromatic heterocycles. The third kappa shape index (κ3) is 4.61. The summed E-state index contributed by atoms with van der Waals surface area (Å²) in [6.07, 6.45) is 3.04. The summed E-state index contributed by atoms with van der Waals surface area (Å²) < 4.78 is 35.8. The summed E-state index contributed by atoms with van der Waals surface area (Å²) in [5, 5.41) is 6.02. The second-order valence-electron chi connectivity index (χ2n) is 7.12. The molecule has 1 aliphatic heterocycles. The molecular weight excluding hydrogens is 418 g/mol. The fraction of sp³-hybridized carbons (Fsp3) is 0.182. The number of rotatable bonds is 6. The Morgan fingerprint density at radius 1 is 1.13 bits per heavy atom. The van der Waals surface area contributed by atoms with Gasteiger partial charge in [-0.2, -0.15) is 5.10 Å². The molecule has 1 N–H and O–H groups in total. The maximum Gasteiger partial charge on any atom is 0.310 e. The number of benzene rings is 2. The van der Waals surface area contributed by atoms with E-state index in [0.717, 1.165) is 23.1 Å². The van der Waals surface area contributed by atoms with E-state index in [4.69, 9.17) is 9.15 Å². The number of furan rings is 1. The minimum Gasteiger partial charge on any atom is -0.497 e. The first kappa shape index (κ1) is 20.7. The van der Waals surface area contributed by atoms with Crippen molar-refractivity contribution in [2.45, 2.75) is 12.5 Å². The normalized spacial score (nSPS) is 16.1. The molecule has 0 bridgehead atoms. The average molecular weight is 439 g/mol. The molecule has 3 aromatic rings. The van der Waals surface area contributed by atoms with Gasteiger partial charge in [0, 0.05) is 12.1 Å². The zero-order valence-corrected chi connectivity index (χ0v) is 17.8. The number of nitrogens with one attached hydrogen (secondary N) is 1. The van der Waals surface area contributed by atoms with Crippen LogP contribution in [0.25, 0.3) is 0 Å². The van der Waals surface area contributed by atoms with Gasteiger partial charge in [-0.15, -0.1) is 0 Å². The van der Waals surface area contributed by atoms with E-state index in [9.17, 15) is 13.2 Å². The maximum absolute atomic E-state index is 13.0.